The van der Waals surface area contributed by atoms with Crippen LogP contribution in [-0.4, -0.2) is 38.3 Å². The van der Waals surface area contributed by atoms with Crippen molar-refractivity contribution in [2.75, 3.05) is 4.90 Å². The number of ether oxygens (including phenoxy) is 2. The third-order valence-corrected chi connectivity index (χ3v) is 4.33. The summed E-state index contributed by atoms with van der Waals surface area (Å²) >= 11 is 6.04. The van der Waals surface area contributed by atoms with E-state index in [0.717, 1.165) is 15.7 Å². The van der Waals surface area contributed by atoms with Crippen molar-refractivity contribution in [2.45, 2.75) is 52.7 Å². The number of carbonyl (C=O) groups excluding carboxylic acids is 2. The van der Waals surface area contributed by atoms with Crippen LogP contribution in [0, 0.1) is 11.8 Å². The van der Waals surface area contributed by atoms with Crippen LogP contribution in [0.5, 0.6) is 0 Å². The zero-order valence-electron chi connectivity index (χ0n) is 19.8. The Morgan fingerprint density at radius 2 is 1.56 bits per heavy atom. The molecule has 3 heterocycles. The van der Waals surface area contributed by atoms with E-state index in [4.69, 9.17) is 21.1 Å². The minimum absolute atomic E-state index is 0.124. The minimum atomic E-state index is -0.904. The fourth-order valence-corrected chi connectivity index (χ4v) is 2.98. The molecule has 34 heavy (non-hydrogen) atoms. The van der Waals surface area contributed by atoms with Gasteiger partial charge in [0.1, 0.15) is 22.0 Å². The third kappa shape index (κ3) is 6.42. The zero-order valence-corrected chi connectivity index (χ0v) is 20.6. The molecule has 0 N–H and O–H groups in total. The largest absolute Gasteiger partial charge is 0.443 e. The summed E-state index contributed by atoms with van der Waals surface area (Å²) < 4.78 is 10.9. The van der Waals surface area contributed by atoms with Crippen molar-refractivity contribution in [1.29, 1.82) is 0 Å². The molecule has 0 aliphatic carbocycles. The maximum atomic E-state index is 13.0. The number of hydrogen-bond donors (Lipinski definition) is 0. The van der Waals surface area contributed by atoms with Crippen molar-refractivity contribution in [1.82, 2.24) is 15.0 Å². The van der Waals surface area contributed by atoms with E-state index < -0.39 is 23.4 Å². The Morgan fingerprint density at radius 3 is 2.18 bits per heavy atom. The summed E-state index contributed by atoms with van der Waals surface area (Å²) in [6.45, 7) is 10.2. The van der Waals surface area contributed by atoms with Gasteiger partial charge in [-0.2, -0.15) is 4.90 Å². The number of imide groups is 1. The van der Waals surface area contributed by atoms with Crippen LogP contribution in [0.3, 0.4) is 0 Å². The van der Waals surface area contributed by atoms with E-state index in [1.165, 1.54) is 12.4 Å². The number of rotatable bonds is 1. The monoisotopic (exact) mass is 480 g/mol. The molecule has 0 radical (unpaired) electrons. The van der Waals surface area contributed by atoms with Crippen LogP contribution in [0.25, 0.3) is 10.8 Å². The Labute approximate surface area is 203 Å². The highest BCUT2D eigenvalue weighted by Crippen LogP contribution is 2.25. The van der Waals surface area contributed by atoms with E-state index >= 15 is 0 Å². The molecule has 0 bridgehead atoms. The number of aromatic nitrogens is 3. The van der Waals surface area contributed by atoms with Crippen LogP contribution in [0.15, 0.2) is 43.0 Å². The number of halogens is 1. The molecule has 8 nitrogen and oxygen atoms in total. The molecule has 0 fully saturated rings. The number of hydrogen-bond acceptors (Lipinski definition) is 7. The van der Waals surface area contributed by atoms with Gasteiger partial charge in [-0.25, -0.2) is 19.6 Å². The van der Waals surface area contributed by atoms with Crippen molar-refractivity contribution >= 4 is 40.2 Å². The Kier molecular flexibility index (Phi) is 7.08. The molecule has 9 heteroatoms. The van der Waals surface area contributed by atoms with Crippen LogP contribution in [-0.2, 0) is 9.47 Å². The average Bonchev–Trinajstić information content (AvgIpc) is 2.70. The van der Waals surface area contributed by atoms with Gasteiger partial charge in [0.25, 0.3) is 0 Å². The molecule has 3 aromatic heterocycles. The van der Waals surface area contributed by atoms with Gasteiger partial charge >= 0.3 is 12.2 Å². The lowest BCUT2D eigenvalue weighted by molar-refractivity contribution is 0.0430. The predicted molar refractivity (Wildman–Crippen MR) is 130 cm³/mol. The predicted octanol–water partition coefficient (Wildman–Crippen LogP) is 5.75. The Balaban J connectivity index is 2.09. The lowest BCUT2D eigenvalue weighted by atomic mass is 10.1. The average molecular weight is 481 g/mol. The molecule has 0 unspecified atom stereocenters. The van der Waals surface area contributed by atoms with E-state index in [0.29, 0.717) is 16.4 Å². The highest BCUT2D eigenvalue weighted by atomic mass is 35.5. The fraction of sp³-hybridized carbons (Fsp3) is 0.320. The number of fused-ring (bicyclic) bond motifs is 1. The smallest absolute Gasteiger partial charge is 0.424 e. The first-order valence-corrected chi connectivity index (χ1v) is 10.8. The van der Waals surface area contributed by atoms with E-state index in [9.17, 15) is 9.59 Å². The van der Waals surface area contributed by atoms with E-state index in [1.807, 2.05) is 0 Å². The molecule has 176 valence electrons. The van der Waals surface area contributed by atoms with Crippen LogP contribution in [0.4, 0.5) is 15.3 Å². The molecule has 0 aromatic carbocycles. The summed E-state index contributed by atoms with van der Waals surface area (Å²) in [6, 6.07) is 5.06. The highest BCUT2D eigenvalue weighted by molar-refractivity contribution is 6.30. The standard InChI is InChI=1S/C25H25ClN4O4/c1-24(2,3)33-22(31)30(23(32)34-25(4,5)6)20-15-27-11-9-16(20)7-8-19-18-13-21(26)29-14-17(18)10-12-28-19/h9-15H,1-6H3. The quantitative estimate of drug-likeness (QED) is 0.323. The first kappa shape index (κ1) is 24.9. The lowest BCUT2D eigenvalue weighted by Gasteiger charge is -2.28. The number of anilines is 1. The second-order valence-electron chi connectivity index (χ2n) is 9.33. The van der Waals surface area contributed by atoms with Crippen LogP contribution >= 0.6 is 11.6 Å². The fourth-order valence-electron chi connectivity index (χ4n) is 2.82. The van der Waals surface area contributed by atoms with Gasteiger partial charge < -0.3 is 9.47 Å². The van der Waals surface area contributed by atoms with Gasteiger partial charge in [0.15, 0.2) is 0 Å². The summed E-state index contributed by atoms with van der Waals surface area (Å²) in [5.74, 6) is 5.98. The molecule has 0 aliphatic heterocycles. The van der Waals surface area contributed by atoms with Crippen molar-refractivity contribution < 1.29 is 19.1 Å². The molecular formula is C25H25ClN4O4. The summed E-state index contributed by atoms with van der Waals surface area (Å²) in [5, 5.41) is 1.86. The molecule has 0 spiro atoms. The summed E-state index contributed by atoms with van der Waals surface area (Å²) in [4.78, 5) is 39.3. The van der Waals surface area contributed by atoms with E-state index in [-0.39, 0.29) is 5.69 Å². The second kappa shape index (κ2) is 9.65. The van der Waals surface area contributed by atoms with Gasteiger partial charge in [-0.1, -0.05) is 17.5 Å². The maximum absolute atomic E-state index is 13.0. The van der Waals surface area contributed by atoms with Gasteiger partial charge in [0.2, 0.25) is 0 Å². The van der Waals surface area contributed by atoms with Crippen LogP contribution in [0.2, 0.25) is 5.15 Å². The third-order valence-electron chi connectivity index (χ3n) is 4.12. The zero-order chi connectivity index (χ0) is 25.1. The number of carbonyl (C=O) groups is 2. The number of amides is 2. The van der Waals surface area contributed by atoms with Crippen molar-refractivity contribution in [3.63, 3.8) is 0 Å². The highest BCUT2D eigenvalue weighted by Gasteiger charge is 2.34. The Morgan fingerprint density at radius 1 is 0.912 bits per heavy atom. The number of pyridine rings is 3. The van der Waals surface area contributed by atoms with E-state index in [2.05, 4.69) is 26.8 Å². The molecule has 3 aromatic rings. The topological polar surface area (TPSA) is 94.5 Å². The van der Waals surface area contributed by atoms with Crippen molar-refractivity contribution in [3.05, 3.63) is 59.4 Å². The molecule has 2 amide bonds. The molecular weight excluding hydrogens is 456 g/mol. The molecule has 0 saturated heterocycles. The Bertz CT molecular complexity index is 1270. The molecule has 0 aliphatic rings. The number of nitrogens with zero attached hydrogens (tertiary/aromatic N) is 4. The van der Waals surface area contributed by atoms with Gasteiger partial charge in [0, 0.05) is 29.4 Å². The first-order valence-electron chi connectivity index (χ1n) is 10.5. The molecule has 3 rings (SSSR count). The summed E-state index contributed by atoms with van der Waals surface area (Å²) in [7, 11) is 0. The van der Waals surface area contributed by atoms with E-state index in [1.54, 1.807) is 72.1 Å². The minimum Gasteiger partial charge on any atom is -0.443 e. The lowest BCUT2D eigenvalue weighted by Crippen LogP contribution is -2.44. The van der Waals surface area contributed by atoms with Crippen molar-refractivity contribution in [3.8, 4) is 11.8 Å². The molecule has 0 atom stereocenters. The second-order valence-corrected chi connectivity index (χ2v) is 9.71. The van der Waals surface area contributed by atoms with Crippen molar-refractivity contribution in [2.24, 2.45) is 0 Å². The van der Waals surface area contributed by atoms with Crippen LogP contribution in [0.1, 0.15) is 52.8 Å². The maximum Gasteiger partial charge on any atom is 0.424 e. The van der Waals surface area contributed by atoms with Crippen LogP contribution < -0.4 is 4.90 Å². The summed E-state index contributed by atoms with van der Waals surface area (Å²) in [5.41, 5.74) is -0.744. The van der Waals surface area contributed by atoms with Gasteiger partial charge in [0.05, 0.1) is 17.4 Å². The van der Waals surface area contributed by atoms with Gasteiger partial charge in [-0.15, -0.1) is 0 Å². The molecule has 0 saturated carbocycles. The Hall–Kier alpha value is -3.70. The normalized spacial score (nSPS) is 11.4. The first-order chi connectivity index (χ1) is 15.8. The SMILES string of the molecule is CC(C)(C)OC(=O)N(C(=O)OC(C)(C)C)c1cnccc1C#Cc1nccc2cnc(Cl)cc12. The summed E-state index contributed by atoms with van der Waals surface area (Å²) in [6.07, 6.45) is 4.30. The van der Waals surface area contributed by atoms with Gasteiger partial charge in [-0.05, 0) is 65.7 Å². The van der Waals surface area contributed by atoms with Gasteiger partial charge in [-0.3, -0.25) is 4.98 Å².